The summed E-state index contributed by atoms with van der Waals surface area (Å²) in [5, 5.41) is 36.6. The first kappa shape index (κ1) is 61.4. The second-order valence-corrected chi connectivity index (χ2v) is 17.0. The number of rotatable bonds is 25. The number of carbonyl (C=O) groups excluding carboxylic acids is 1. The number of aliphatic carboxylic acids is 3. The standard InChI is InChI=1S/C33H47F17N6O10S/c1-2-56(67(65,66)33(49,50)31(44,45)29(40,41)27(36,37)26(34,35)28(38,39)30(42,43)32(46,47)48)9-5-3-4-6-22(58)52-15-21(57)17-55-11-8-51-7-10-53(18-24(61)62)12-13-54(19-25(63)64)16-20(55)14-23(59)60/h20-21,51,57H,2-19H2,1H3,(H,52,58)(H,59,60)(H,61,62)(H,63,64). The number of aliphatic hydroxyl groups is 1. The molecule has 1 heterocycles. The lowest BCUT2D eigenvalue weighted by Gasteiger charge is -2.43. The van der Waals surface area contributed by atoms with Gasteiger partial charge in [-0.3, -0.25) is 33.9 Å². The zero-order valence-electron chi connectivity index (χ0n) is 34.7. The molecule has 0 aliphatic carbocycles. The van der Waals surface area contributed by atoms with Gasteiger partial charge in [-0.05, 0) is 12.8 Å². The van der Waals surface area contributed by atoms with E-state index < -0.39 is 149 Å². The summed E-state index contributed by atoms with van der Waals surface area (Å²) in [5.41, 5.74) is 0. The number of hydrogen-bond acceptors (Lipinski definition) is 11. The summed E-state index contributed by atoms with van der Waals surface area (Å²) in [6.07, 6.45) is -12.0. The minimum atomic E-state index is -8.96. The zero-order chi connectivity index (χ0) is 52.4. The Morgan fingerprint density at radius 1 is 0.672 bits per heavy atom. The number of amides is 1. The van der Waals surface area contributed by atoms with Gasteiger partial charge in [0.1, 0.15) is 0 Å². The quantitative estimate of drug-likeness (QED) is 0.0572. The molecule has 0 saturated carbocycles. The third-order valence-corrected chi connectivity index (χ3v) is 12.1. The van der Waals surface area contributed by atoms with Crippen LogP contribution in [0, 0.1) is 0 Å². The molecule has 67 heavy (non-hydrogen) atoms. The van der Waals surface area contributed by atoms with E-state index in [4.69, 9.17) is 0 Å². The van der Waals surface area contributed by atoms with Crippen molar-refractivity contribution >= 4 is 33.8 Å². The molecule has 0 aromatic rings. The summed E-state index contributed by atoms with van der Waals surface area (Å²) < 4.78 is 257. The van der Waals surface area contributed by atoms with Gasteiger partial charge in [0, 0.05) is 84.5 Å². The number of carboxylic acids is 3. The molecular formula is C33H47F17N6O10S. The van der Waals surface area contributed by atoms with Crippen molar-refractivity contribution in [2.24, 2.45) is 0 Å². The van der Waals surface area contributed by atoms with Crippen LogP contribution >= 0.6 is 0 Å². The van der Waals surface area contributed by atoms with Crippen LogP contribution < -0.4 is 10.6 Å². The van der Waals surface area contributed by atoms with Gasteiger partial charge in [0.05, 0.1) is 25.6 Å². The van der Waals surface area contributed by atoms with E-state index in [-0.39, 0.29) is 65.3 Å². The van der Waals surface area contributed by atoms with E-state index in [1.165, 1.54) is 14.7 Å². The molecule has 0 bridgehead atoms. The Bertz CT molecular complexity index is 1780. The average molecular weight is 1040 g/mol. The van der Waals surface area contributed by atoms with Crippen LogP contribution in [0.5, 0.6) is 0 Å². The molecule has 34 heteroatoms. The minimum absolute atomic E-state index is 0.000456. The van der Waals surface area contributed by atoms with Gasteiger partial charge < -0.3 is 31.1 Å². The molecular weight excluding hydrogens is 995 g/mol. The fourth-order valence-corrected chi connectivity index (χ4v) is 7.80. The van der Waals surface area contributed by atoms with Crippen LogP contribution in [0.2, 0.25) is 0 Å². The number of aliphatic hydroxyl groups excluding tert-OH is 1. The highest BCUT2D eigenvalue weighted by Gasteiger charge is 2.96. The maximum absolute atomic E-state index is 14.7. The smallest absolute Gasteiger partial charge is 0.460 e. The molecule has 1 saturated heterocycles. The van der Waals surface area contributed by atoms with Gasteiger partial charge in [-0.1, -0.05) is 13.3 Å². The van der Waals surface area contributed by atoms with E-state index in [1.807, 2.05) is 0 Å². The Balaban J connectivity index is 3.03. The molecule has 394 valence electrons. The number of hydrogen-bond donors (Lipinski definition) is 6. The van der Waals surface area contributed by atoms with Crippen LogP contribution in [-0.2, 0) is 29.2 Å². The Kier molecular flexibility index (Phi) is 21.4. The first-order valence-electron chi connectivity index (χ1n) is 19.4. The maximum atomic E-state index is 14.7. The number of sulfonamides is 1. The molecule has 0 radical (unpaired) electrons. The summed E-state index contributed by atoms with van der Waals surface area (Å²) in [7, 11) is -7.48. The maximum Gasteiger partial charge on any atom is 0.460 e. The molecule has 0 aromatic carbocycles. The molecule has 2 unspecified atom stereocenters. The second kappa shape index (κ2) is 23.3. The number of nitrogens with one attached hydrogen (secondary N) is 2. The van der Waals surface area contributed by atoms with Crippen LogP contribution in [0.3, 0.4) is 0 Å². The van der Waals surface area contributed by atoms with Gasteiger partial charge in [-0.2, -0.15) is 78.9 Å². The SMILES string of the molecule is CCN(CCCCCC(=O)NCC(O)CN1CCNCCN(CC(=O)O)CCN(CC(=O)O)CC1CC(=O)O)S(=O)(=O)C(F)(F)C(F)(F)C(F)(F)C(F)(F)C(F)(F)C(F)(F)C(F)(F)C(F)(F)F. The monoisotopic (exact) mass is 1040 g/mol. The molecule has 1 amide bonds. The molecule has 2 atom stereocenters. The predicted molar refractivity (Wildman–Crippen MR) is 193 cm³/mol. The van der Waals surface area contributed by atoms with E-state index in [1.54, 1.807) is 0 Å². The van der Waals surface area contributed by atoms with Crippen molar-refractivity contribution in [3.05, 3.63) is 0 Å². The number of carbonyl (C=O) groups is 4. The lowest BCUT2D eigenvalue weighted by Crippen LogP contribution is -2.75. The van der Waals surface area contributed by atoms with Crippen molar-refractivity contribution in [2.75, 3.05) is 85.1 Å². The summed E-state index contributed by atoms with van der Waals surface area (Å²) in [5.74, 6) is -56.9. The highest BCUT2D eigenvalue weighted by Crippen LogP contribution is 2.64. The molecule has 0 spiro atoms. The number of β-amino-alcohol motifs (C(OH)–C–C–N with tert-alkyl or cyclic N) is 1. The largest absolute Gasteiger partial charge is 0.481 e. The highest BCUT2D eigenvalue weighted by atomic mass is 32.2. The highest BCUT2D eigenvalue weighted by molar-refractivity contribution is 7.90. The summed E-state index contributed by atoms with van der Waals surface area (Å²) in [6.45, 7) is -3.46. The van der Waals surface area contributed by atoms with Crippen LogP contribution in [0.25, 0.3) is 0 Å². The molecule has 1 aliphatic rings. The summed E-state index contributed by atoms with van der Waals surface area (Å²) >= 11 is 0. The van der Waals surface area contributed by atoms with Gasteiger partial charge >= 0.3 is 64.9 Å². The van der Waals surface area contributed by atoms with E-state index in [0.717, 1.165) is 0 Å². The summed E-state index contributed by atoms with van der Waals surface area (Å²) in [4.78, 5) is 51.5. The van der Waals surface area contributed by atoms with Crippen molar-refractivity contribution < 1.29 is 123 Å². The molecule has 16 nitrogen and oxygen atoms in total. The van der Waals surface area contributed by atoms with Gasteiger partial charge in [0.25, 0.3) is 10.0 Å². The number of alkyl halides is 17. The van der Waals surface area contributed by atoms with E-state index in [9.17, 15) is 123 Å². The van der Waals surface area contributed by atoms with Crippen molar-refractivity contribution in [3.8, 4) is 0 Å². The van der Waals surface area contributed by atoms with Crippen molar-refractivity contribution in [3.63, 3.8) is 0 Å². The average Bonchev–Trinajstić information content (AvgIpc) is 3.17. The van der Waals surface area contributed by atoms with E-state index >= 15 is 0 Å². The van der Waals surface area contributed by atoms with Gasteiger partial charge in [-0.25, -0.2) is 8.42 Å². The number of halogens is 17. The Morgan fingerprint density at radius 3 is 1.64 bits per heavy atom. The molecule has 1 fully saturated rings. The van der Waals surface area contributed by atoms with Crippen molar-refractivity contribution in [1.29, 1.82) is 0 Å². The topological polar surface area (TPSA) is 220 Å². The Hall–Kier alpha value is -3.60. The fourth-order valence-electron chi connectivity index (χ4n) is 6.31. The lowest BCUT2D eigenvalue weighted by atomic mass is 9.91. The van der Waals surface area contributed by atoms with Crippen molar-refractivity contribution in [1.82, 2.24) is 29.6 Å². The van der Waals surface area contributed by atoms with E-state index in [2.05, 4.69) is 10.6 Å². The van der Waals surface area contributed by atoms with Crippen LogP contribution in [0.15, 0.2) is 0 Å². The molecule has 6 N–H and O–H groups in total. The number of unbranched alkanes of at least 4 members (excludes halogenated alkanes) is 2. The minimum Gasteiger partial charge on any atom is -0.481 e. The first-order chi connectivity index (χ1) is 30.2. The van der Waals surface area contributed by atoms with Crippen LogP contribution in [0.4, 0.5) is 74.6 Å². The molecule has 0 aromatic heterocycles. The van der Waals surface area contributed by atoms with Gasteiger partial charge in [0.2, 0.25) is 5.91 Å². The number of carboxylic acid groups (broad SMARTS) is 3. The van der Waals surface area contributed by atoms with Crippen LogP contribution in [0.1, 0.15) is 39.0 Å². The Morgan fingerprint density at radius 2 is 1.15 bits per heavy atom. The van der Waals surface area contributed by atoms with Gasteiger partial charge in [-0.15, -0.1) is 0 Å². The fraction of sp³-hybridized carbons (Fsp3) is 0.879. The first-order valence-corrected chi connectivity index (χ1v) is 20.9. The third-order valence-electron chi connectivity index (χ3n) is 10.0. The Labute approximate surface area is 369 Å². The number of nitrogens with zero attached hydrogens (tertiary/aromatic N) is 4. The summed E-state index contributed by atoms with van der Waals surface area (Å²) in [6, 6.07) is -0.947. The molecule has 1 aliphatic heterocycles. The van der Waals surface area contributed by atoms with Crippen molar-refractivity contribution in [2.45, 2.75) is 98.1 Å². The van der Waals surface area contributed by atoms with E-state index in [0.29, 0.717) is 6.92 Å². The lowest BCUT2D eigenvalue weighted by molar-refractivity contribution is -0.458. The molecule has 1 rings (SSSR count). The second-order valence-electron chi connectivity index (χ2n) is 15.0. The zero-order valence-corrected chi connectivity index (χ0v) is 35.6. The normalized spacial score (nSPS) is 18.8. The van der Waals surface area contributed by atoms with Crippen LogP contribution in [-0.4, -0.2) is 216 Å². The third kappa shape index (κ3) is 14.2. The predicted octanol–water partition coefficient (Wildman–Crippen LogP) is 3.16. The van der Waals surface area contributed by atoms with Gasteiger partial charge in [0.15, 0.2) is 0 Å².